The minimum atomic E-state index is -4.42. The summed E-state index contributed by atoms with van der Waals surface area (Å²) in [5, 5.41) is 21.5. The number of hydrogen-bond acceptors (Lipinski definition) is 7. The summed E-state index contributed by atoms with van der Waals surface area (Å²) in [7, 11) is 0. The lowest BCUT2D eigenvalue weighted by atomic mass is 10.1. The summed E-state index contributed by atoms with van der Waals surface area (Å²) in [6, 6.07) is 4.16. The normalized spacial score (nSPS) is 11.9. The maximum atomic E-state index is 12.5. The standard InChI is InChI=1S/C17H16F3N3O6/c1-10(22-28-9-11-2-4-12(5-3-11)17(18,19)20)13-6-21-16(29-13)23(7-14(24)25)8-15(26)27/h2-6H,7-9H2,1H3,(H,24,25)(H,26,27). The molecule has 0 unspecified atom stereocenters. The van der Waals surface area contributed by atoms with Crippen LogP contribution in [-0.2, 0) is 27.2 Å². The van der Waals surface area contributed by atoms with Crippen LogP contribution < -0.4 is 4.90 Å². The molecule has 0 aliphatic heterocycles. The van der Waals surface area contributed by atoms with Gasteiger partial charge in [0.15, 0.2) is 5.76 Å². The molecule has 0 atom stereocenters. The number of carboxylic acid groups (broad SMARTS) is 2. The fourth-order valence-electron chi connectivity index (χ4n) is 2.13. The van der Waals surface area contributed by atoms with Gasteiger partial charge >= 0.3 is 18.1 Å². The Kier molecular flexibility index (Phi) is 6.80. The zero-order valence-corrected chi connectivity index (χ0v) is 15.0. The van der Waals surface area contributed by atoms with Crippen molar-refractivity contribution in [2.75, 3.05) is 18.0 Å². The molecule has 156 valence electrons. The molecule has 2 aromatic rings. The SMILES string of the molecule is CC(=NOCc1ccc(C(F)(F)F)cc1)c1cnc(N(CC(=O)O)CC(=O)O)o1. The molecular formula is C17H16F3N3O6. The molecule has 9 nitrogen and oxygen atoms in total. The number of halogens is 3. The second kappa shape index (κ2) is 9.08. The fourth-order valence-corrected chi connectivity index (χ4v) is 2.13. The lowest BCUT2D eigenvalue weighted by molar-refractivity contribution is -0.138. The molecule has 1 aromatic heterocycles. The summed E-state index contributed by atoms with van der Waals surface area (Å²) in [5.74, 6) is -2.43. The minimum absolute atomic E-state index is 0.0966. The molecule has 12 heteroatoms. The number of anilines is 1. The molecule has 0 spiro atoms. The Labute approximate surface area is 162 Å². The number of aromatic nitrogens is 1. The Hall–Kier alpha value is -3.57. The number of rotatable bonds is 9. The van der Waals surface area contributed by atoms with E-state index in [-0.39, 0.29) is 24.1 Å². The molecule has 0 saturated carbocycles. The van der Waals surface area contributed by atoms with Crippen LogP contribution in [0.1, 0.15) is 23.8 Å². The Bertz CT molecular complexity index is 877. The summed E-state index contributed by atoms with van der Waals surface area (Å²) in [4.78, 5) is 31.5. The van der Waals surface area contributed by atoms with Gasteiger partial charge in [-0.2, -0.15) is 13.2 Å². The van der Waals surface area contributed by atoms with Gasteiger partial charge in [0.1, 0.15) is 25.4 Å². The van der Waals surface area contributed by atoms with E-state index in [2.05, 4.69) is 10.1 Å². The molecule has 2 rings (SSSR count). The summed E-state index contributed by atoms with van der Waals surface area (Å²) in [6.07, 6.45) is -3.21. The second-order valence-corrected chi connectivity index (χ2v) is 5.80. The summed E-state index contributed by atoms with van der Waals surface area (Å²) in [5.41, 5.74) is -0.106. The topological polar surface area (TPSA) is 125 Å². The molecule has 0 saturated heterocycles. The van der Waals surface area contributed by atoms with Crippen molar-refractivity contribution in [1.29, 1.82) is 0 Å². The highest BCUT2D eigenvalue weighted by atomic mass is 19.4. The van der Waals surface area contributed by atoms with Gasteiger partial charge < -0.3 is 24.4 Å². The summed E-state index contributed by atoms with van der Waals surface area (Å²) < 4.78 is 42.9. The largest absolute Gasteiger partial charge is 0.480 e. The van der Waals surface area contributed by atoms with Crippen LogP contribution in [0.5, 0.6) is 0 Å². The number of benzene rings is 1. The molecule has 0 aliphatic carbocycles. The number of aliphatic carboxylic acids is 2. The number of alkyl halides is 3. The number of oxazole rings is 1. The van der Waals surface area contributed by atoms with Crippen LogP contribution in [0.2, 0.25) is 0 Å². The van der Waals surface area contributed by atoms with E-state index >= 15 is 0 Å². The molecule has 0 fully saturated rings. The minimum Gasteiger partial charge on any atom is -0.480 e. The van der Waals surface area contributed by atoms with E-state index in [9.17, 15) is 22.8 Å². The molecule has 0 aliphatic rings. The third kappa shape index (κ3) is 6.52. The van der Waals surface area contributed by atoms with Gasteiger partial charge in [-0.1, -0.05) is 17.3 Å². The third-order valence-corrected chi connectivity index (χ3v) is 3.49. The van der Waals surface area contributed by atoms with Gasteiger partial charge in [0, 0.05) is 0 Å². The monoisotopic (exact) mass is 415 g/mol. The highest BCUT2D eigenvalue weighted by Gasteiger charge is 2.29. The first-order valence-corrected chi connectivity index (χ1v) is 8.03. The van der Waals surface area contributed by atoms with Crippen LogP contribution in [0.15, 0.2) is 40.0 Å². The number of carbonyl (C=O) groups is 2. The fraction of sp³-hybridized carbons (Fsp3) is 0.294. The number of carboxylic acids is 2. The van der Waals surface area contributed by atoms with Gasteiger partial charge in [-0.15, -0.1) is 0 Å². The van der Waals surface area contributed by atoms with Crippen LogP contribution >= 0.6 is 0 Å². The van der Waals surface area contributed by atoms with Gasteiger partial charge in [0.25, 0.3) is 6.01 Å². The first-order valence-electron chi connectivity index (χ1n) is 8.03. The first kappa shape index (κ1) is 21.7. The van der Waals surface area contributed by atoms with Crippen LogP contribution in [0.4, 0.5) is 19.2 Å². The van der Waals surface area contributed by atoms with Crippen molar-refractivity contribution in [2.24, 2.45) is 5.16 Å². The van der Waals surface area contributed by atoms with Gasteiger partial charge in [-0.25, -0.2) is 4.98 Å². The van der Waals surface area contributed by atoms with E-state index in [1.165, 1.54) is 25.3 Å². The van der Waals surface area contributed by atoms with Crippen molar-refractivity contribution in [3.8, 4) is 0 Å². The van der Waals surface area contributed by atoms with Gasteiger partial charge in [0.2, 0.25) is 0 Å². The summed E-state index contributed by atoms with van der Waals surface area (Å²) in [6.45, 7) is 0.135. The van der Waals surface area contributed by atoms with Crippen molar-refractivity contribution < 1.29 is 42.2 Å². The molecule has 0 amide bonds. The van der Waals surface area contributed by atoms with Crippen molar-refractivity contribution >= 4 is 23.7 Å². The molecule has 29 heavy (non-hydrogen) atoms. The number of nitrogens with zero attached hydrogens (tertiary/aromatic N) is 3. The molecule has 2 N–H and O–H groups in total. The highest BCUT2D eigenvalue weighted by Crippen LogP contribution is 2.29. The van der Waals surface area contributed by atoms with Crippen LogP contribution in [-0.4, -0.2) is 45.9 Å². The molecule has 0 bridgehead atoms. The lowest BCUT2D eigenvalue weighted by Gasteiger charge is -2.15. The summed E-state index contributed by atoms with van der Waals surface area (Å²) >= 11 is 0. The van der Waals surface area contributed by atoms with Gasteiger partial charge in [0.05, 0.1) is 11.8 Å². The third-order valence-electron chi connectivity index (χ3n) is 3.49. The molecule has 1 aromatic carbocycles. The van der Waals surface area contributed by atoms with Crippen molar-refractivity contribution in [3.63, 3.8) is 0 Å². The first-order chi connectivity index (χ1) is 13.6. The maximum Gasteiger partial charge on any atom is 0.416 e. The van der Waals surface area contributed by atoms with Crippen LogP contribution in [0.25, 0.3) is 0 Å². The smallest absolute Gasteiger partial charge is 0.416 e. The Morgan fingerprint density at radius 2 is 1.76 bits per heavy atom. The zero-order valence-electron chi connectivity index (χ0n) is 15.0. The number of oxime groups is 1. The van der Waals surface area contributed by atoms with E-state index in [0.29, 0.717) is 5.56 Å². The zero-order chi connectivity index (χ0) is 21.6. The molecular weight excluding hydrogens is 399 g/mol. The average molecular weight is 415 g/mol. The van der Waals surface area contributed by atoms with E-state index < -0.39 is 36.8 Å². The molecule has 0 radical (unpaired) electrons. The Morgan fingerprint density at radius 3 is 2.28 bits per heavy atom. The number of hydrogen-bond donors (Lipinski definition) is 2. The van der Waals surface area contributed by atoms with Crippen molar-refractivity contribution in [1.82, 2.24) is 4.98 Å². The van der Waals surface area contributed by atoms with E-state index in [1.54, 1.807) is 0 Å². The van der Waals surface area contributed by atoms with E-state index in [0.717, 1.165) is 17.0 Å². The lowest BCUT2D eigenvalue weighted by Crippen LogP contribution is -2.34. The second-order valence-electron chi connectivity index (χ2n) is 5.80. The van der Waals surface area contributed by atoms with E-state index in [4.69, 9.17) is 19.5 Å². The Balaban J connectivity index is 2.01. The predicted octanol–water partition coefficient (Wildman–Crippen LogP) is 2.61. The maximum absolute atomic E-state index is 12.5. The van der Waals surface area contributed by atoms with Crippen LogP contribution in [0, 0.1) is 0 Å². The predicted molar refractivity (Wildman–Crippen MR) is 92.4 cm³/mol. The quantitative estimate of drug-likeness (QED) is 0.473. The van der Waals surface area contributed by atoms with Gasteiger partial charge in [-0.3, -0.25) is 9.59 Å². The molecule has 1 heterocycles. The van der Waals surface area contributed by atoms with Crippen molar-refractivity contribution in [2.45, 2.75) is 19.7 Å². The van der Waals surface area contributed by atoms with Gasteiger partial charge in [-0.05, 0) is 24.6 Å². The van der Waals surface area contributed by atoms with Crippen molar-refractivity contribution in [3.05, 3.63) is 47.3 Å². The Morgan fingerprint density at radius 1 is 1.17 bits per heavy atom. The van der Waals surface area contributed by atoms with E-state index in [1.807, 2.05) is 0 Å². The highest BCUT2D eigenvalue weighted by molar-refractivity contribution is 5.95. The average Bonchev–Trinajstić information content (AvgIpc) is 3.10. The van der Waals surface area contributed by atoms with Crippen LogP contribution in [0.3, 0.4) is 0 Å².